The maximum absolute atomic E-state index is 10.0. The Hall–Kier alpha value is -0.760. The Morgan fingerprint density at radius 2 is 2.15 bits per heavy atom. The summed E-state index contributed by atoms with van der Waals surface area (Å²) in [6.07, 6.45) is 6.19. The average molecular weight is 180 g/mol. The molecule has 1 N–H and O–H groups in total. The highest BCUT2D eigenvalue weighted by Crippen LogP contribution is 2.36. The number of aliphatic hydroxyl groups excluding tert-OH is 1. The SMILES string of the molecule is Cc1occc1C(O)C1CCCC1. The first-order chi connectivity index (χ1) is 6.29. The third-order valence-electron chi connectivity index (χ3n) is 3.06. The highest BCUT2D eigenvalue weighted by atomic mass is 16.3. The first-order valence-electron chi connectivity index (χ1n) is 5.01. The summed E-state index contributed by atoms with van der Waals surface area (Å²) >= 11 is 0. The van der Waals surface area contributed by atoms with Crippen LogP contribution < -0.4 is 0 Å². The molecule has 72 valence electrons. The molecular formula is C11H16O2. The summed E-state index contributed by atoms with van der Waals surface area (Å²) in [7, 11) is 0. The van der Waals surface area contributed by atoms with Crippen LogP contribution >= 0.6 is 0 Å². The Morgan fingerprint density at radius 1 is 1.46 bits per heavy atom. The van der Waals surface area contributed by atoms with Crippen LogP contribution in [0.15, 0.2) is 16.7 Å². The monoisotopic (exact) mass is 180 g/mol. The molecule has 2 rings (SSSR count). The van der Waals surface area contributed by atoms with Crippen molar-refractivity contribution in [3.8, 4) is 0 Å². The lowest BCUT2D eigenvalue weighted by Crippen LogP contribution is -2.08. The topological polar surface area (TPSA) is 33.4 Å². The molecule has 1 aliphatic rings. The number of aryl methyl sites for hydroxylation is 1. The van der Waals surface area contributed by atoms with Crippen LogP contribution in [-0.2, 0) is 0 Å². The minimum Gasteiger partial charge on any atom is -0.469 e. The predicted molar refractivity (Wildman–Crippen MR) is 50.4 cm³/mol. The summed E-state index contributed by atoms with van der Waals surface area (Å²) in [5.41, 5.74) is 0.979. The fourth-order valence-corrected chi connectivity index (χ4v) is 2.23. The highest BCUT2D eigenvalue weighted by molar-refractivity contribution is 5.19. The lowest BCUT2D eigenvalue weighted by atomic mass is 9.95. The number of hydrogen-bond acceptors (Lipinski definition) is 2. The van der Waals surface area contributed by atoms with Gasteiger partial charge in [-0.15, -0.1) is 0 Å². The maximum Gasteiger partial charge on any atom is 0.106 e. The Kier molecular flexibility index (Phi) is 2.40. The molecule has 0 aliphatic heterocycles. The van der Waals surface area contributed by atoms with Crippen molar-refractivity contribution < 1.29 is 9.52 Å². The largest absolute Gasteiger partial charge is 0.469 e. The second-order valence-corrected chi connectivity index (χ2v) is 3.92. The van der Waals surface area contributed by atoms with Gasteiger partial charge in [0.1, 0.15) is 5.76 Å². The molecule has 0 radical (unpaired) electrons. The van der Waals surface area contributed by atoms with Gasteiger partial charge in [-0.25, -0.2) is 0 Å². The minimum absolute atomic E-state index is 0.304. The van der Waals surface area contributed by atoms with Gasteiger partial charge in [-0.1, -0.05) is 12.8 Å². The van der Waals surface area contributed by atoms with Gasteiger partial charge in [-0.05, 0) is 31.7 Å². The summed E-state index contributed by atoms with van der Waals surface area (Å²) in [4.78, 5) is 0. The molecule has 1 aromatic rings. The van der Waals surface area contributed by atoms with Crippen molar-refractivity contribution in [2.24, 2.45) is 5.92 Å². The van der Waals surface area contributed by atoms with E-state index in [0.29, 0.717) is 5.92 Å². The highest BCUT2D eigenvalue weighted by Gasteiger charge is 2.26. The van der Waals surface area contributed by atoms with E-state index in [0.717, 1.165) is 24.2 Å². The molecule has 1 fully saturated rings. The van der Waals surface area contributed by atoms with Crippen molar-refractivity contribution in [3.63, 3.8) is 0 Å². The van der Waals surface area contributed by atoms with Gasteiger partial charge >= 0.3 is 0 Å². The van der Waals surface area contributed by atoms with Crippen molar-refractivity contribution in [2.45, 2.75) is 38.7 Å². The molecular weight excluding hydrogens is 164 g/mol. The molecule has 1 unspecified atom stereocenters. The number of furan rings is 1. The fraction of sp³-hybridized carbons (Fsp3) is 0.636. The number of hydrogen-bond donors (Lipinski definition) is 1. The summed E-state index contributed by atoms with van der Waals surface area (Å²) in [5.74, 6) is 1.32. The molecule has 1 atom stereocenters. The number of rotatable bonds is 2. The normalized spacial score (nSPS) is 20.8. The maximum atomic E-state index is 10.0. The number of aliphatic hydroxyl groups is 1. The molecule has 0 amide bonds. The van der Waals surface area contributed by atoms with Gasteiger partial charge in [-0.2, -0.15) is 0 Å². The van der Waals surface area contributed by atoms with Crippen LogP contribution in [0.3, 0.4) is 0 Å². The third-order valence-corrected chi connectivity index (χ3v) is 3.06. The zero-order valence-corrected chi connectivity index (χ0v) is 7.99. The van der Waals surface area contributed by atoms with Crippen LogP contribution in [0.1, 0.15) is 43.1 Å². The molecule has 0 bridgehead atoms. The smallest absolute Gasteiger partial charge is 0.106 e. The van der Waals surface area contributed by atoms with Crippen LogP contribution in [0, 0.1) is 12.8 Å². The summed E-state index contributed by atoms with van der Waals surface area (Å²) in [6, 6.07) is 1.89. The Morgan fingerprint density at radius 3 is 2.69 bits per heavy atom. The molecule has 0 spiro atoms. The van der Waals surface area contributed by atoms with E-state index >= 15 is 0 Å². The Balaban J connectivity index is 2.12. The molecule has 1 aliphatic carbocycles. The molecule has 2 nitrogen and oxygen atoms in total. The second kappa shape index (κ2) is 3.54. The van der Waals surface area contributed by atoms with Gasteiger partial charge in [0, 0.05) is 5.56 Å². The van der Waals surface area contributed by atoms with E-state index in [4.69, 9.17) is 4.42 Å². The second-order valence-electron chi connectivity index (χ2n) is 3.92. The van der Waals surface area contributed by atoms with Crippen LogP contribution in [-0.4, -0.2) is 5.11 Å². The van der Waals surface area contributed by atoms with E-state index in [1.165, 1.54) is 12.8 Å². The molecule has 1 heterocycles. The van der Waals surface area contributed by atoms with E-state index in [-0.39, 0.29) is 6.10 Å². The standard InChI is InChI=1S/C11H16O2/c1-8-10(6-7-13-8)11(12)9-4-2-3-5-9/h6-7,9,11-12H,2-5H2,1H3. The van der Waals surface area contributed by atoms with Crippen molar-refractivity contribution in [1.82, 2.24) is 0 Å². The quantitative estimate of drug-likeness (QED) is 0.759. The van der Waals surface area contributed by atoms with Crippen molar-refractivity contribution in [3.05, 3.63) is 23.7 Å². The fourth-order valence-electron chi connectivity index (χ4n) is 2.23. The van der Waals surface area contributed by atoms with E-state index in [9.17, 15) is 5.11 Å². The van der Waals surface area contributed by atoms with Gasteiger partial charge in [0.25, 0.3) is 0 Å². The zero-order chi connectivity index (χ0) is 9.26. The van der Waals surface area contributed by atoms with Crippen LogP contribution in [0.25, 0.3) is 0 Å². The van der Waals surface area contributed by atoms with Crippen molar-refractivity contribution >= 4 is 0 Å². The zero-order valence-electron chi connectivity index (χ0n) is 7.99. The molecule has 1 aromatic heterocycles. The van der Waals surface area contributed by atoms with Crippen molar-refractivity contribution in [1.29, 1.82) is 0 Å². The van der Waals surface area contributed by atoms with E-state index in [1.54, 1.807) is 6.26 Å². The molecule has 1 saturated carbocycles. The van der Waals surface area contributed by atoms with Gasteiger partial charge in [0.2, 0.25) is 0 Å². The first-order valence-corrected chi connectivity index (χ1v) is 5.01. The lowest BCUT2D eigenvalue weighted by Gasteiger charge is -2.16. The third kappa shape index (κ3) is 1.63. The summed E-state index contributed by atoms with van der Waals surface area (Å²) < 4.78 is 5.19. The first kappa shape index (κ1) is 8.82. The summed E-state index contributed by atoms with van der Waals surface area (Å²) in [6.45, 7) is 1.91. The molecule has 2 heteroatoms. The van der Waals surface area contributed by atoms with Crippen LogP contribution in [0.5, 0.6) is 0 Å². The van der Waals surface area contributed by atoms with Crippen LogP contribution in [0.2, 0.25) is 0 Å². The van der Waals surface area contributed by atoms with E-state index in [2.05, 4.69) is 0 Å². The van der Waals surface area contributed by atoms with E-state index < -0.39 is 0 Å². The molecule has 13 heavy (non-hydrogen) atoms. The summed E-state index contributed by atoms with van der Waals surface area (Å²) in [5, 5.41) is 10.0. The lowest BCUT2D eigenvalue weighted by molar-refractivity contribution is 0.110. The van der Waals surface area contributed by atoms with Gasteiger partial charge in [-0.3, -0.25) is 0 Å². The Labute approximate surface area is 78.6 Å². The molecule has 0 aromatic carbocycles. The molecule has 0 saturated heterocycles. The van der Waals surface area contributed by atoms with Crippen molar-refractivity contribution in [2.75, 3.05) is 0 Å². The van der Waals surface area contributed by atoms with Gasteiger partial charge in [0.05, 0.1) is 12.4 Å². The average Bonchev–Trinajstić information content (AvgIpc) is 2.72. The van der Waals surface area contributed by atoms with Crippen LogP contribution in [0.4, 0.5) is 0 Å². The van der Waals surface area contributed by atoms with E-state index in [1.807, 2.05) is 13.0 Å². The minimum atomic E-state index is -0.304. The Bertz CT molecular complexity index is 271. The van der Waals surface area contributed by atoms with Gasteiger partial charge < -0.3 is 9.52 Å². The predicted octanol–water partition coefficient (Wildman–Crippen LogP) is 2.81. The van der Waals surface area contributed by atoms with Gasteiger partial charge in [0.15, 0.2) is 0 Å².